The molecule has 3 rings (SSSR count). The van der Waals surface area contributed by atoms with Crippen molar-refractivity contribution < 1.29 is 9.59 Å². The molecule has 2 atom stereocenters. The van der Waals surface area contributed by atoms with E-state index >= 15 is 0 Å². The second kappa shape index (κ2) is 4.19. The van der Waals surface area contributed by atoms with Gasteiger partial charge in [0.05, 0.1) is 0 Å². The van der Waals surface area contributed by atoms with Crippen molar-refractivity contribution in [2.45, 2.75) is 31.1 Å². The largest absolute Gasteiger partial charge is 0.345 e. The lowest BCUT2D eigenvalue weighted by Crippen LogP contribution is -2.28. The number of fused-ring (bicyclic) bond motifs is 1. The van der Waals surface area contributed by atoms with Crippen LogP contribution in [0.3, 0.4) is 0 Å². The van der Waals surface area contributed by atoms with Gasteiger partial charge in [-0.05, 0) is 30.4 Å². The molecule has 0 saturated heterocycles. The van der Waals surface area contributed by atoms with Gasteiger partial charge in [-0.25, -0.2) is 0 Å². The molecule has 0 N–H and O–H groups in total. The summed E-state index contributed by atoms with van der Waals surface area (Å²) >= 11 is 0. The topological polar surface area (TPSA) is 37.4 Å². The molecule has 1 aromatic carbocycles. The Bertz CT molecular complexity index is 549. The standard InChI is InChI=1S/C16H19NO2/c1-17(2)15(19)13-5-3-4-6-14(13)16-9-11(16)7-8-12(18)10-16/h3-6,11H,7-10H2,1-2H3. The number of carbonyl (C=O) groups excluding carboxylic acids is 2. The minimum atomic E-state index is -0.0302. The number of Topliss-reactive ketones (excluding diaryl/α,β-unsaturated/α-hetero) is 1. The van der Waals surface area contributed by atoms with Crippen LogP contribution in [0, 0.1) is 5.92 Å². The fourth-order valence-electron chi connectivity index (χ4n) is 3.52. The Kier molecular flexibility index (Phi) is 2.73. The summed E-state index contributed by atoms with van der Waals surface area (Å²) < 4.78 is 0. The molecule has 100 valence electrons. The summed E-state index contributed by atoms with van der Waals surface area (Å²) in [7, 11) is 3.54. The van der Waals surface area contributed by atoms with Crippen molar-refractivity contribution in [2.75, 3.05) is 14.1 Å². The minimum Gasteiger partial charge on any atom is -0.345 e. The van der Waals surface area contributed by atoms with Crippen LogP contribution in [-0.4, -0.2) is 30.7 Å². The molecule has 0 aliphatic heterocycles. The van der Waals surface area contributed by atoms with Crippen molar-refractivity contribution in [1.29, 1.82) is 0 Å². The number of rotatable bonds is 2. The number of carbonyl (C=O) groups is 2. The number of ketones is 1. The highest BCUT2D eigenvalue weighted by atomic mass is 16.2. The summed E-state index contributed by atoms with van der Waals surface area (Å²) in [5.41, 5.74) is 1.83. The Morgan fingerprint density at radius 3 is 2.79 bits per heavy atom. The van der Waals surface area contributed by atoms with Gasteiger partial charge in [-0.1, -0.05) is 18.2 Å². The summed E-state index contributed by atoms with van der Waals surface area (Å²) in [4.78, 5) is 25.7. The van der Waals surface area contributed by atoms with Crippen molar-refractivity contribution >= 4 is 11.7 Å². The van der Waals surface area contributed by atoms with Crippen LogP contribution >= 0.6 is 0 Å². The normalized spacial score (nSPS) is 28.7. The Morgan fingerprint density at radius 2 is 2.05 bits per heavy atom. The van der Waals surface area contributed by atoms with Crippen LogP contribution in [0.2, 0.25) is 0 Å². The lowest BCUT2D eigenvalue weighted by Gasteiger charge is -2.24. The Balaban J connectivity index is 2.02. The van der Waals surface area contributed by atoms with Crippen LogP contribution in [0.4, 0.5) is 0 Å². The van der Waals surface area contributed by atoms with Crippen LogP contribution in [0.5, 0.6) is 0 Å². The van der Waals surface area contributed by atoms with E-state index in [1.54, 1.807) is 19.0 Å². The van der Waals surface area contributed by atoms with Gasteiger partial charge in [0.2, 0.25) is 0 Å². The van der Waals surface area contributed by atoms with Crippen LogP contribution < -0.4 is 0 Å². The first-order chi connectivity index (χ1) is 9.04. The monoisotopic (exact) mass is 257 g/mol. The van der Waals surface area contributed by atoms with Crippen LogP contribution in [0.1, 0.15) is 41.6 Å². The van der Waals surface area contributed by atoms with Crippen molar-refractivity contribution in [1.82, 2.24) is 4.90 Å². The molecule has 1 amide bonds. The highest BCUT2D eigenvalue weighted by Crippen LogP contribution is 2.62. The summed E-state index contributed by atoms with van der Waals surface area (Å²) in [6.45, 7) is 0. The van der Waals surface area contributed by atoms with Crippen molar-refractivity contribution in [3.63, 3.8) is 0 Å². The third-order valence-corrected chi connectivity index (χ3v) is 4.62. The zero-order valence-corrected chi connectivity index (χ0v) is 11.5. The molecular formula is C16H19NO2. The number of hydrogen-bond acceptors (Lipinski definition) is 2. The van der Waals surface area contributed by atoms with E-state index in [1.165, 1.54) is 0 Å². The van der Waals surface area contributed by atoms with E-state index in [0.717, 1.165) is 30.4 Å². The lowest BCUT2D eigenvalue weighted by atomic mass is 9.80. The van der Waals surface area contributed by atoms with Gasteiger partial charge >= 0.3 is 0 Å². The second-order valence-corrected chi connectivity index (χ2v) is 6.06. The van der Waals surface area contributed by atoms with Gasteiger partial charge in [0, 0.05) is 37.9 Å². The van der Waals surface area contributed by atoms with E-state index in [-0.39, 0.29) is 11.3 Å². The first-order valence-electron chi connectivity index (χ1n) is 6.87. The molecule has 0 spiro atoms. The van der Waals surface area contributed by atoms with Gasteiger partial charge in [0.25, 0.3) is 5.91 Å². The summed E-state index contributed by atoms with van der Waals surface area (Å²) in [6, 6.07) is 7.81. The van der Waals surface area contributed by atoms with E-state index in [1.807, 2.05) is 24.3 Å². The fraction of sp³-hybridized carbons (Fsp3) is 0.500. The Hall–Kier alpha value is -1.64. The molecule has 19 heavy (non-hydrogen) atoms. The molecule has 2 aliphatic rings. The average Bonchev–Trinajstić information content (AvgIpc) is 3.12. The SMILES string of the molecule is CN(C)C(=O)c1ccccc1C12CC(=O)CCC1C2. The van der Waals surface area contributed by atoms with Gasteiger partial charge in [-0.3, -0.25) is 9.59 Å². The Morgan fingerprint density at radius 1 is 1.32 bits per heavy atom. The van der Waals surface area contributed by atoms with Crippen LogP contribution in [0.25, 0.3) is 0 Å². The van der Waals surface area contributed by atoms with Crippen LogP contribution in [0.15, 0.2) is 24.3 Å². The second-order valence-electron chi connectivity index (χ2n) is 6.06. The minimum absolute atomic E-state index is 0.0302. The molecule has 2 unspecified atom stereocenters. The molecule has 2 fully saturated rings. The molecule has 1 aromatic rings. The van der Waals surface area contributed by atoms with E-state index in [0.29, 0.717) is 18.1 Å². The smallest absolute Gasteiger partial charge is 0.253 e. The third kappa shape index (κ3) is 1.88. The highest BCUT2D eigenvalue weighted by Gasteiger charge is 2.58. The van der Waals surface area contributed by atoms with Gasteiger partial charge in [-0.2, -0.15) is 0 Å². The van der Waals surface area contributed by atoms with E-state index in [2.05, 4.69) is 0 Å². The van der Waals surface area contributed by atoms with E-state index in [9.17, 15) is 9.59 Å². The molecular weight excluding hydrogens is 238 g/mol. The number of amides is 1. The predicted molar refractivity (Wildman–Crippen MR) is 73.1 cm³/mol. The molecule has 2 saturated carbocycles. The first-order valence-corrected chi connectivity index (χ1v) is 6.87. The van der Waals surface area contributed by atoms with Crippen molar-refractivity contribution in [3.05, 3.63) is 35.4 Å². The highest BCUT2D eigenvalue weighted by molar-refractivity contribution is 5.96. The quantitative estimate of drug-likeness (QED) is 0.816. The van der Waals surface area contributed by atoms with Crippen molar-refractivity contribution in [2.24, 2.45) is 5.92 Å². The summed E-state index contributed by atoms with van der Waals surface area (Å²) in [6.07, 6.45) is 3.39. The Labute approximate surface area is 113 Å². The molecule has 2 aliphatic carbocycles. The summed E-state index contributed by atoms with van der Waals surface area (Å²) in [5, 5.41) is 0. The lowest BCUT2D eigenvalue weighted by molar-refractivity contribution is -0.120. The van der Waals surface area contributed by atoms with Gasteiger partial charge in [0.15, 0.2) is 0 Å². The molecule has 0 heterocycles. The van der Waals surface area contributed by atoms with Crippen LogP contribution in [-0.2, 0) is 10.2 Å². The van der Waals surface area contributed by atoms with Crippen molar-refractivity contribution in [3.8, 4) is 0 Å². The number of hydrogen-bond donors (Lipinski definition) is 0. The molecule has 3 nitrogen and oxygen atoms in total. The molecule has 0 radical (unpaired) electrons. The number of nitrogens with zero attached hydrogens (tertiary/aromatic N) is 1. The fourth-order valence-corrected chi connectivity index (χ4v) is 3.52. The molecule has 0 aromatic heterocycles. The first kappa shape index (κ1) is 12.4. The maximum atomic E-state index is 12.3. The zero-order valence-electron chi connectivity index (χ0n) is 11.5. The summed E-state index contributed by atoms with van der Waals surface area (Å²) in [5.74, 6) is 0.982. The number of benzene rings is 1. The van der Waals surface area contributed by atoms with E-state index in [4.69, 9.17) is 0 Å². The maximum absolute atomic E-state index is 12.3. The molecule has 3 heteroatoms. The third-order valence-electron chi connectivity index (χ3n) is 4.62. The van der Waals surface area contributed by atoms with Gasteiger partial charge < -0.3 is 4.90 Å². The van der Waals surface area contributed by atoms with E-state index < -0.39 is 0 Å². The maximum Gasteiger partial charge on any atom is 0.253 e. The zero-order chi connectivity index (χ0) is 13.6. The average molecular weight is 257 g/mol. The van der Waals surface area contributed by atoms with Gasteiger partial charge in [-0.15, -0.1) is 0 Å². The van der Waals surface area contributed by atoms with Gasteiger partial charge in [0.1, 0.15) is 5.78 Å². The predicted octanol–water partition coefficient (Wildman–Crippen LogP) is 2.40. The molecule has 0 bridgehead atoms.